The summed E-state index contributed by atoms with van der Waals surface area (Å²) in [6.07, 6.45) is -4.43. The van der Waals surface area contributed by atoms with Gasteiger partial charge in [0.1, 0.15) is 0 Å². The maximum absolute atomic E-state index is 12.9. The summed E-state index contributed by atoms with van der Waals surface area (Å²) in [5.41, 5.74) is 0.415. The van der Waals surface area contributed by atoms with E-state index in [1.807, 2.05) is 0 Å². The van der Waals surface area contributed by atoms with Crippen molar-refractivity contribution < 1.29 is 27.5 Å². The molecule has 0 aliphatic heterocycles. The van der Waals surface area contributed by atoms with Crippen LogP contribution in [0.1, 0.15) is 10.4 Å². The molecular weight excluding hydrogens is 301 g/mol. The molecule has 120 valence electrons. The number of halogens is 3. The van der Waals surface area contributed by atoms with Crippen molar-refractivity contribution in [2.45, 2.75) is 12.6 Å². The van der Waals surface area contributed by atoms with Gasteiger partial charge in [-0.05, 0) is 24.3 Å². The summed E-state index contributed by atoms with van der Waals surface area (Å²) in [6.45, 7) is 2.67. The lowest BCUT2D eigenvalue weighted by Crippen LogP contribution is -2.22. The molecule has 0 spiro atoms. The summed E-state index contributed by atoms with van der Waals surface area (Å²) in [6, 6.07) is 4.02. The van der Waals surface area contributed by atoms with Crippen molar-refractivity contribution in [2.24, 2.45) is 0 Å². The first-order chi connectivity index (χ1) is 10.4. The predicted molar refractivity (Wildman–Crippen MR) is 76.0 cm³/mol. The monoisotopic (exact) mass is 316 g/mol. The highest BCUT2D eigenvalue weighted by Gasteiger charge is 2.19. The first-order valence-corrected chi connectivity index (χ1v) is 6.21. The van der Waals surface area contributed by atoms with E-state index in [-0.39, 0.29) is 16.9 Å². The van der Waals surface area contributed by atoms with E-state index in [1.165, 1.54) is 25.3 Å². The Morgan fingerprint density at radius 2 is 2.05 bits per heavy atom. The van der Waals surface area contributed by atoms with Crippen LogP contribution in [0.4, 0.5) is 24.5 Å². The molecule has 0 radical (unpaired) electrons. The van der Waals surface area contributed by atoms with Gasteiger partial charge in [0.15, 0.2) is 6.17 Å². The van der Waals surface area contributed by atoms with E-state index in [1.54, 1.807) is 0 Å². The van der Waals surface area contributed by atoms with Crippen molar-refractivity contribution in [2.75, 3.05) is 24.3 Å². The molecule has 1 amide bonds. The Hall–Kier alpha value is -2.51. The Balaban J connectivity index is 2.97. The summed E-state index contributed by atoms with van der Waals surface area (Å²) < 4.78 is 41.6. The molecule has 1 unspecified atom stereocenters. The van der Waals surface area contributed by atoms with Crippen LogP contribution in [0, 0.1) is 0 Å². The number of methoxy groups -OCH3 is 1. The molecule has 1 aromatic carbocycles. The van der Waals surface area contributed by atoms with Gasteiger partial charge in [0.2, 0.25) is 5.91 Å². The third-order valence-electron chi connectivity index (χ3n) is 2.64. The van der Waals surface area contributed by atoms with Gasteiger partial charge in [0, 0.05) is 5.69 Å². The Morgan fingerprint density at radius 3 is 2.59 bits per heavy atom. The van der Waals surface area contributed by atoms with Gasteiger partial charge in [-0.1, -0.05) is 6.58 Å². The summed E-state index contributed by atoms with van der Waals surface area (Å²) in [5, 5.41) is 4.84. The molecule has 8 heteroatoms. The van der Waals surface area contributed by atoms with Crippen molar-refractivity contribution in [1.29, 1.82) is 0 Å². The number of hydrogen-bond donors (Lipinski definition) is 2. The van der Waals surface area contributed by atoms with Gasteiger partial charge in [-0.3, -0.25) is 4.79 Å². The fraction of sp³-hybridized carbons (Fsp3) is 0.286. The van der Waals surface area contributed by atoms with Crippen molar-refractivity contribution in [3.63, 3.8) is 0 Å². The Labute approximate surface area is 125 Å². The van der Waals surface area contributed by atoms with Gasteiger partial charge in [-0.2, -0.15) is 0 Å². The van der Waals surface area contributed by atoms with Gasteiger partial charge >= 0.3 is 5.97 Å². The molecule has 1 rings (SSSR count). The molecule has 2 N–H and O–H groups in total. The Kier molecular flexibility index (Phi) is 6.43. The van der Waals surface area contributed by atoms with Crippen molar-refractivity contribution in [1.82, 2.24) is 0 Å². The number of nitrogens with one attached hydrogen (secondary N) is 2. The van der Waals surface area contributed by atoms with E-state index in [4.69, 9.17) is 0 Å². The fourth-order valence-electron chi connectivity index (χ4n) is 1.53. The normalized spacial score (nSPS) is 11.7. The summed E-state index contributed by atoms with van der Waals surface area (Å²) >= 11 is 0. The van der Waals surface area contributed by atoms with Gasteiger partial charge in [0.05, 0.1) is 24.9 Å². The molecule has 0 aliphatic rings. The lowest BCUT2D eigenvalue weighted by Gasteiger charge is -2.13. The van der Waals surface area contributed by atoms with Crippen LogP contribution in [0.5, 0.6) is 0 Å². The molecule has 0 aromatic heterocycles. The van der Waals surface area contributed by atoms with Crippen LogP contribution in [0.2, 0.25) is 0 Å². The number of carbonyl (C=O) groups is 2. The Morgan fingerprint density at radius 1 is 1.36 bits per heavy atom. The summed E-state index contributed by atoms with van der Waals surface area (Å²) in [5.74, 6) is -1.26. The molecule has 0 saturated carbocycles. The zero-order valence-corrected chi connectivity index (χ0v) is 11.7. The maximum Gasteiger partial charge on any atom is 0.339 e. The number of amides is 1. The third-order valence-corrected chi connectivity index (χ3v) is 2.64. The SMILES string of the molecule is C=CC(=O)Nc1cc(NCC(F)C(F)F)ccc1C(=O)OC. The van der Waals surface area contributed by atoms with E-state index >= 15 is 0 Å². The minimum Gasteiger partial charge on any atom is -0.465 e. The van der Waals surface area contributed by atoms with Gasteiger partial charge in [0.25, 0.3) is 6.43 Å². The van der Waals surface area contributed by atoms with Gasteiger partial charge in [-0.15, -0.1) is 0 Å². The third kappa shape index (κ3) is 4.80. The average molecular weight is 316 g/mol. The topological polar surface area (TPSA) is 67.4 Å². The quantitative estimate of drug-likeness (QED) is 0.599. The molecular formula is C14H15F3N2O3. The van der Waals surface area contributed by atoms with Crippen LogP contribution in [-0.2, 0) is 9.53 Å². The minimum absolute atomic E-state index is 0.0638. The number of ether oxygens (including phenoxy) is 1. The van der Waals surface area contributed by atoms with Crippen LogP contribution in [0.15, 0.2) is 30.9 Å². The second-order valence-corrected chi connectivity index (χ2v) is 4.18. The fourth-order valence-corrected chi connectivity index (χ4v) is 1.53. The lowest BCUT2D eigenvalue weighted by molar-refractivity contribution is -0.111. The van der Waals surface area contributed by atoms with E-state index in [0.717, 1.165) is 6.08 Å². The Bertz CT molecular complexity index is 564. The maximum atomic E-state index is 12.9. The molecule has 22 heavy (non-hydrogen) atoms. The van der Waals surface area contributed by atoms with Crippen molar-refractivity contribution in [3.05, 3.63) is 36.4 Å². The second kappa shape index (κ2) is 8.06. The molecule has 0 bridgehead atoms. The highest BCUT2D eigenvalue weighted by Crippen LogP contribution is 2.22. The molecule has 0 aliphatic carbocycles. The zero-order valence-electron chi connectivity index (χ0n) is 11.7. The summed E-state index contributed by atoms with van der Waals surface area (Å²) in [4.78, 5) is 22.9. The van der Waals surface area contributed by atoms with Crippen LogP contribution in [0.3, 0.4) is 0 Å². The molecule has 1 atom stereocenters. The second-order valence-electron chi connectivity index (χ2n) is 4.18. The van der Waals surface area contributed by atoms with E-state index < -0.39 is 31.0 Å². The number of hydrogen-bond acceptors (Lipinski definition) is 4. The number of rotatable bonds is 7. The summed E-state index contributed by atoms with van der Waals surface area (Å²) in [7, 11) is 1.17. The average Bonchev–Trinajstić information content (AvgIpc) is 2.51. The number of benzene rings is 1. The van der Waals surface area contributed by atoms with E-state index in [2.05, 4.69) is 21.9 Å². The largest absolute Gasteiger partial charge is 0.465 e. The zero-order chi connectivity index (χ0) is 16.7. The smallest absolute Gasteiger partial charge is 0.339 e. The number of esters is 1. The molecule has 1 aromatic rings. The highest BCUT2D eigenvalue weighted by molar-refractivity contribution is 6.05. The number of anilines is 2. The molecule has 0 heterocycles. The van der Waals surface area contributed by atoms with Gasteiger partial charge in [-0.25, -0.2) is 18.0 Å². The molecule has 0 saturated heterocycles. The first kappa shape index (κ1) is 17.5. The highest BCUT2D eigenvalue weighted by atomic mass is 19.3. The van der Waals surface area contributed by atoms with E-state index in [9.17, 15) is 22.8 Å². The minimum atomic E-state index is -3.10. The van der Waals surface area contributed by atoms with Crippen molar-refractivity contribution in [3.8, 4) is 0 Å². The number of carbonyl (C=O) groups excluding carboxylic acids is 2. The van der Waals surface area contributed by atoms with Crippen LogP contribution in [0.25, 0.3) is 0 Å². The van der Waals surface area contributed by atoms with Crippen LogP contribution in [-0.4, -0.2) is 38.1 Å². The lowest BCUT2D eigenvalue weighted by atomic mass is 10.1. The van der Waals surface area contributed by atoms with Crippen LogP contribution >= 0.6 is 0 Å². The van der Waals surface area contributed by atoms with Crippen LogP contribution < -0.4 is 10.6 Å². The molecule has 5 nitrogen and oxygen atoms in total. The first-order valence-electron chi connectivity index (χ1n) is 6.21. The van der Waals surface area contributed by atoms with Crippen molar-refractivity contribution >= 4 is 23.3 Å². The predicted octanol–water partition coefficient (Wildman–Crippen LogP) is 2.61. The molecule has 0 fully saturated rings. The standard InChI is InChI=1S/C14H15F3N2O3/c1-3-12(20)19-11-6-8(18-7-10(15)13(16)17)4-5-9(11)14(21)22-2/h3-6,10,13,18H,1,7H2,2H3,(H,19,20). The van der Waals surface area contributed by atoms with Gasteiger partial charge < -0.3 is 15.4 Å². The van der Waals surface area contributed by atoms with E-state index in [0.29, 0.717) is 0 Å². The number of alkyl halides is 3.